The topological polar surface area (TPSA) is 72.2 Å². The van der Waals surface area contributed by atoms with Crippen LogP contribution >= 0.6 is 0 Å². The van der Waals surface area contributed by atoms with Gasteiger partial charge in [0.25, 0.3) is 0 Å². The highest BCUT2D eigenvalue weighted by molar-refractivity contribution is 6.02. The lowest BCUT2D eigenvalue weighted by molar-refractivity contribution is -0.118. The second kappa shape index (κ2) is 6.00. The first-order chi connectivity index (χ1) is 9.16. The fourth-order valence-electron chi connectivity index (χ4n) is 1.97. The van der Waals surface area contributed by atoms with Crippen molar-refractivity contribution < 1.29 is 9.59 Å². The third kappa shape index (κ3) is 3.55. The average molecular weight is 256 g/mol. The van der Waals surface area contributed by atoms with Crippen molar-refractivity contribution in [1.29, 1.82) is 0 Å². The summed E-state index contributed by atoms with van der Waals surface area (Å²) in [6, 6.07) is 13.6. The number of nitrogens with one attached hydrogen (secondary N) is 1. The fraction of sp³-hybridized carbons (Fsp3) is 0.200. The van der Waals surface area contributed by atoms with E-state index >= 15 is 0 Å². The summed E-state index contributed by atoms with van der Waals surface area (Å²) in [5, 5.41) is 4.96. The van der Waals surface area contributed by atoms with Crippen LogP contribution in [0.1, 0.15) is 19.3 Å². The maximum absolute atomic E-state index is 11.8. The predicted octanol–water partition coefficient (Wildman–Crippen LogP) is 2.43. The molecular weight excluding hydrogens is 240 g/mol. The standard InChI is InChI=1S/C15H16N2O2/c16-14(18)9-4-10-15(19)17-13-8-3-6-11-5-1-2-7-12(11)13/h1-3,5-8H,4,9-10H2,(H2,16,18)(H,17,19). The minimum absolute atomic E-state index is 0.0994. The molecular formula is C15H16N2O2. The summed E-state index contributed by atoms with van der Waals surface area (Å²) >= 11 is 0. The van der Waals surface area contributed by atoms with E-state index in [4.69, 9.17) is 5.73 Å². The lowest BCUT2D eigenvalue weighted by atomic mass is 10.1. The number of hydrogen-bond donors (Lipinski definition) is 2. The lowest BCUT2D eigenvalue weighted by Gasteiger charge is -2.08. The van der Waals surface area contributed by atoms with E-state index in [1.54, 1.807) is 0 Å². The Morgan fingerprint density at radius 3 is 2.53 bits per heavy atom. The van der Waals surface area contributed by atoms with E-state index in [0.717, 1.165) is 16.5 Å². The van der Waals surface area contributed by atoms with Gasteiger partial charge in [0.2, 0.25) is 11.8 Å². The molecule has 0 aliphatic heterocycles. The summed E-state index contributed by atoms with van der Waals surface area (Å²) in [7, 11) is 0. The summed E-state index contributed by atoms with van der Waals surface area (Å²) < 4.78 is 0. The number of hydrogen-bond acceptors (Lipinski definition) is 2. The first-order valence-electron chi connectivity index (χ1n) is 6.23. The molecule has 0 spiro atoms. The van der Waals surface area contributed by atoms with Crippen molar-refractivity contribution in [2.75, 3.05) is 5.32 Å². The van der Waals surface area contributed by atoms with Crippen LogP contribution in [0.25, 0.3) is 10.8 Å². The van der Waals surface area contributed by atoms with E-state index < -0.39 is 0 Å². The van der Waals surface area contributed by atoms with Crippen LogP contribution in [0, 0.1) is 0 Å². The molecule has 0 bridgehead atoms. The van der Waals surface area contributed by atoms with Crippen LogP contribution in [-0.4, -0.2) is 11.8 Å². The predicted molar refractivity (Wildman–Crippen MR) is 75.6 cm³/mol. The van der Waals surface area contributed by atoms with E-state index in [9.17, 15) is 9.59 Å². The summed E-state index contributed by atoms with van der Waals surface area (Å²) in [5.74, 6) is -0.476. The van der Waals surface area contributed by atoms with Gasteiger partial charge in [-0.25, -0.2) is 0 Å². The van der Waals surface area contributed by atoms with Crippen molar-refractivity contribution in [3.63, 3.8) is 0 Å². The van der Waals surface area contributed by atoms with Crippen molar-refractivity contribution in [2.24, 2.45) is 5.73 Å². The van der Waals surface area contributed by atoms with E-state index in [0.29, 0.717) is 12.8 Å². The van der Waals surface area contributed by atoms with Gasteiger partial charge in [0.1, 0.15) is 0 Å². The van der Waals surface area contributed by atoms with E-state index in [2.05, 4.69) is 5.32 Å². The third-order valence-electron chi connectivity index (χ3n) is 2.89. The van der Waals surface area contributed by atoms with Crippen LogP contribution in [0.3, 0.4) is 0 Å². The number of primary amides is 1. The molecule has 0 unspecified atom stereocenters. The van der Waals surface area contributed by atoms with Crippen LogP contribution in [0.15, 0.2) is 42.5 Å². The number of carbonyl (C=O) groups is 2. The van der Waals surface area contributed by atoms with Gasteiger partial charge in [0.05, 0.1) is 0 Å². The number of benzene rings is 2. The molecule has 2 aromatic carbocycles. The molecule has 0 radical (unpaired) electrons. The highest BCUT2D eigenvalue weighted by atomic mass is 16.2. The molecule has 2 amide bonds. The van der Waals surface area contributed by atoms with Gasteiger partial charge in [0.15, 0.2) is 0 Å². The molecule has 98 valence electrons. The van der Waals surface area contributed by atoms with Gasteiger partial charge in [0, 0.05) is 23.9 Å². The average Bonchev–Trinajstić information content (AvgIpc) is 2.39. The molecule has 0 fully saturated rings. The molecule has 0 atom stereocenters. The van der Waals surface area contributed by atoms with Gasteiger partial charge in [-0.2, -0.15) is 0 Å². The van der Waals surface area contributed by atoms with Gasteiger partial charge in [-0.3, -0.25) is 9.59 Å². The van der Waals surface area contributed by atoms with Crippen molar-refractivity contribution in [3.05, 3.63) is 42.5 Å². The van der Waals surface area contributed by atoms with Gasteiger partial charge in [-0.1, -0.05) is 36.4 Å². The molecule has 4 heteroatoms. The van der Waals surface area contributed by atoms with Crippen LogP contribution in [0.4, 0.5) is 5.69 Å². The van der Waals surface area contributed by atoms with E-state index in [1.807, 2.05) is 42.5 Å². The largest absolute Gasteiger partial charge is 0.370 e. The summed E-state index contributed by atoms with van der Waals surface area (Å²) in [6.07, 6.45) is 1.01. The smallest absolute Gasteiger partial charge is 0.224 e. The molecule has 4 nitrogen and oxygen atoms in total. The van der Waals surface area contributed by atoms with Gasteiger partial charge in [-0.15, -0.1) is 0 Å². The minimum Gasteiger partial charge on any atom is -0.370 e. The highest BCUT2D eigenvalue weighted by Crippen LogP contribution is 2.23. The van der Waals surface area contributed by atoms with Crippen LogP contribution < -0.4 is 11.1 Å². The Kier molecular flexibility index (Phi) is 4.13. The first kappa shape index (κ1) is 13.1. The molecule has 2 aromatic rings. The Morgan fingerprint density at radius 2 is 1.74 bits per heavy atom. The van der Waals surface area contributed by atoms with Gasteiger partial charge < -0.3 is 11.1 Å². The first-order valence-corrected chi connectivity index (χ1v) is 6.23. The Hall–Kier alpha value is -2.36. The van der Waals surface area contributed by atoms with Gasteiger partial charge in [-0.05, 0) is 17.9 Å². The van der Waals surface area contributed by atoms with Crippen LogP contribution in [-0.2, 0) is 9.59 Å². The zero-order chi connectivity index (χ0) is 13.7. The molecule has 0 saturated carbocycles. The van der Waals surface area contributed by atoms with Crippen LogP contribution in [0.2, 0.25) is 0 Å². The van der Waals surface area contributed by atoms with E-state index in [1.165, 1.54) is 0 Å². The molecule has 3 N–H and O–H groups in total. The lowest BCUT2D eigenvalue weighted by Crippen LogP contribution is -2.14. The monoisotopic (exact) mass is 256 g/mol. The van der Waals surface area contributed by atoms with Crippen LogP contribution in [0.5, 0.6) is 0 Å². The zero-order valence-electron chi connectivity index (χ0n) is 10.6. The second-order valence-corrected chi connectivity index (χ2v) is 4.39. The molecule has 0 aliphatic carbocycles. The summed E-state index contributed by atoms with van der Waals surface area (Å²) in [5.41, 5.74) is 5.83. The number of fused-ring (bicyclic) bond motifs is 1. The number of carbonyl (C=O) groups excluding carboxylic acids is 2. The Bertz CT molecular complexity index is 603. The van der Waals surface area contributed by atoms with Gasteiger partial charge >= 0.3 is 0 Å². The molecule has 0 aromatic heterocycles. The van der Waals surface area contributed by atoms with E-state index in [-0.39, 0.29) is 18.2 Å². The molecule has 19 heavy (non-hydrogen) atoms. The van der Waals surface area contributed by atoms with Crippen molar-refractivity contribution in [1.82, 2.24) is 0 Å². The maximum atomic E-state index is 11.8. The molecule has 2 rings (SSSR count). The minimum atomic E-state index is -0.377. The molecule has 0 saturated heterocycles. The van der Waals surface area contributed by atoms with Crippen molar-refractivity contribution in [2.45, 2.75) is 19.3 Å². The Labute approximate surface area is 111 Å². The number of nitrogens with two attached hydrogens (primary N) is 1. The molecule has 0 aliphatic rings. The third-order valence-corrected chi connectivity index (χ3v) is 2.89. The zero-order valence-corrected chi connectivity index (χ0v) is 10.6. The Balaban J connectivity index is 2.05. The number of rotatable bonds is 5. The summed E-state index contributed by atoms with van der Waals surface area (Å²) in [6.45, 7) is 0. The Morgan fingerprint density at radius 1 is 1.00 bits per heavy atom. The number of amides is 2. The quantitative estimate of drug-likeness (QED) is 0.862. The SMILES string of the molecule is NC(=O)CCCC(=O)Nc1cccc2ccccc12. The van der Waals surface area contributed by atoms with Crippen molar-refractivity contribution >= 4 is 28.3 Å². The molecule has 0 heterocycles. The highest BCUT2D eigenvalue weighted by Gasteiger charge is 2.06. The summed E-state index contributed by atoms with van der Waals surface area (Å²) in [4.78, 5) is 22.4. The van der Waals surface area contributed by atoms with Crippen molar-refractivity contribution in [3.8, 4) is 0 Å². The normalized spacial score (nSPS) is 10.3. The maximum Gasteiger partial charge on any atom is 0.224 e. The number of anilines is 1. The second-order valence-electron chi connectivity index (χ2n) is 4.39. The fourth-order valence-corrected chi connectivity index (χ4v) is 1.97.